The Morgan fingerprint density at radius 2 is 2.30 bits per heavy atom. The average Bonchev–Trinajstić information content (AvgIpc) is 2.84. The largest absolute Gasteiger partial charge is 0.481 e. The number of sulfonamides is 1. The van der Waals surface area contributed by atoms with E-state index in [0.29, 0.717) is 6.54 Å². The maximum absolute atomic E-state index is 12.0. The van der Waals surface area contributed by atoms with Crippen LogP contribution in [0.1, 0.15) is 13.3 Å². The molecule has 1 aromatic rings. The van der Waals surface area contributed by atoms with Crippen molar-refractivity contribution in [3.05, 3.63) is 12.4 Å². The third-order valence-corrected chi connectivity index (χ3v) is 4.83. The van der Waals surface area contributed by atoms with Gasteiger partial charge in [0.2, 0.25) is 10.0 Å². The van der Waals surface area contributed by atoms with Gasteiger partial charge in [0.25, 0.3) is 0 Å². The Kier molecular flexibility index (Phi) is 6.50. The van der Waals surface area contributed by atoms with Gasteiger partial charge < -0.3 is 5.11 Å². The first-order valence-electron chi connectivity index (χ1n) is 6.08. The highest BCUT2D eigenvalue weighted by atomic mass is 32.2. The minimum Gasteiger partial charge on any atom is -0.481 e. The Morgan fingerprint density at radius 3 is 2.90 bits per heavy atom. The molecule has 0 bridgehead atoms. The summed E-state index contributed by atoms with van der Waals surface area (Å²) in [6.07, 6.45) is 4.44. The molecule has 0 spiro atoms. The van der Waals surface area contributed by atoms with Crippen molar-refractivity contribution >= 4 is 27.8 Å². The molecule has 2 N–H and O–H groups in total. The summed E-state index contributed by atoms with van der Waals surface area (Å²) in [5.41, 5.74) is 0. The number of hydrogen-bond donors (Lipinski definition) is 2. The van der Waals surface area contributed by atoms with E-state index >= 15 is 0 Å². The molecule has 1 rings (SSSR count). The normalized spacial score (nSPS) is 13.3. The monoisotopic (exact) mass is 321 g/mol. The van der Waals surface area contributed by atoms with E-state index in [9.17, 15) is 13.2 Å². The van der Waals surface area contributed by atoms with E-state index in [1.807, 2.05) is 13.2 Å². The average molecular weight is 321 g/mol. The molecular formula is C11H19N3O4S2. The van der Waals surface area contributed by atoms with E-state index in [-0.39, 0.29) is 23.8 Å². The first-order chi connectivity index (χ1) is 9.35. The second-order valence-corrected chi connectivity index (χ2v) is 7.17. The van der Waals surface area contributed by atoms with Crippen LogP contribution in [0.15, 0.2) is 17.3 Å². The zero-order valence-corrected chi connectivity index (χ0v) is 13.1. The van der Waals surface area contributed by atoms with Gasteiger partial charge in [-0.1, -0.05) is 6.92 Å². The summed E-state index contributed by atoms with van der Waals surface area (Å²) in [6, 6.07) is 0. The number of carboxylic acids is 1. The van der Waals surface area contributed by atoms with Crippen LogP contribution in [0.4, 0.5) is 0 Å². The molecule has 0 amide bonds. The van der Waals surface area contributed by atoms with Crippen LogP contribution in [0.5, 0.6) is 0 Å². The first-order valence-corrected chi connectivity index (χ1v) is 8.95. The quantitative estimate of drug-likeness (QED) is 0.692. The lowest BCUT2D eigenvalue weighted by Crippen LogP contribution is -2.29. The maximum atomic E-state index is 12.0. The third kappa shape index (κ3) is 5.51. The minimum atomic E-state index is -3.58. The number of nitrogens with zero attached hydrogens (tertiary/aromatic N) is 2. The van der Waals surface area contributed by atoms with Gasteiger partial charge in [0.1, 0.15) is 4.90 Å². The van der Waals surface area contributed by atoms with Crippen LogP contribution in [-0.2, 0) is 21.4 Å². The van der Waals surface area contributed by atoms with Gasteiger partial charge in [0, 0.05) is 12.7 Å². The van der Waals surface area contributed by atoms with Gasteiger partial charge in [-0.3, -0.25) is 9.48 Å². The lowest BCUT2D eigenvalue weighted by molar-refractivity contribution is -0.137. The predicted octanol–water partition coefficient (Wildman–Crippen LogP) is 0.635. The molecule has 0 radical (unpaired) electrons. The fourth-order valence-corrected chi connectivity index (χ4v) is 3.30. The number of aliphatic carboxylic acids is 1. The molecule has 20 heavy (non-hydrogen) atoms. The lowest BCUT2D eigenvalue weighted by Gasteiger charge is -2.10. The molecule has 1 unspecified atom stereocenters. The number of rotatable bonds is 9. The molecule has 1 aromatic heterocycles. The molecule has 1 heterocycles. The number of carboxylic acid groups (broad SMARTS) is 1. The van der Waals surface area contributed by atoms with E-state index in [4.69, 9.17) is 5.11 Å². The van der Waals surface area contributed by atoms with Gasteiger partial charge in [0.05, 0.1) is 19.2 Å². The number of nitrogens with one attached hydrogen (secondary N) is 1. The number of thioether (sulfide) groups is 1. The summed E-state index contributed by atoms with van der Waals surface area (Å²) in [4.78, 5) is 10.5. The molecule has 114 valence electrons. The Bertz CT molecular complexity index is 542. The smallest absolute Gasteiger partial charge is 0.305 e. The van der Waals surface area contributed by atoms with Crippen molar-refractivity contribution in [1.29, 1.82) is 0 Å². The minimum absolute atomic E-state index is 0.0549. The lowest BCUT2D eigenvalue weighted by atomic mass is 10.2. The molecule has 0 saturated heterocycles. The Hall–Kier alpha value is -1.06. The van der Waals surface area contributed by atoms with Crippen LogP contribution >= 0.6 is 11.8 Å². The molecule has 9 heteroatoms. The maximum Gasteiger partial charge on any atom is 0.305 e. The van der Waals surface area contributed by atoms with Crippen molar-refractivity contribution < 1.29 is 18.3 Å². The molecule has 0 aliphatic rings. The topological polar surface area (TPSA) is 101 Å². The van der Waals surface area contributed by atoms with Crippen molar-refractivity contribution in [2.45, 2.75) is 24.8 Å². The molecule has 0 aliphatic heterocycles. The summed E-state index contributed by atoms with van der Waals surface area (Å²) in [6.45, 7) is 2.48. The van der Waals surface area contributed by atoms with Crippen molar-refractivity contribution in [1.82, 2.24) is 14.5 Å². The van der Waals surface area contributed by atoms with Gasteiger partial charge in [0.15, 0.2) is 0 Å². The summed E-state index contributed by atoms with van der Waals surface area (Å²) in [5.74, 6) is 0.163. The number of carbonyl (C=O) groups is 1. The molecule has 1 atom stereocenters. The molecule has 0 aromatic carbocycles. The van der Waals surface area contributed by atoms with Crippen LogP contribution in [0, 0.1) is 5.92 Å². The molecule has 0 saturated carbocycles. The predicted molar refractivity (Wildman–Crippen MR) is 77.2 cm³/mol. The molecular weight excluding hydrogens is 302 g/mol. The zero-order valence-electron chi connectivity index (χ0n) is 11.4. The van der Waals surface area contributed by atoms with E-state index < -0.39 is 16.0 Å². The van der Waals surface area contributed by atoms with E-state index in [1.54, 1.807) is 11.8 Å². The van der Waals surface area contributed by atoms with Crippen molar-refractivity contribution in [2.24, 2.45) is 5.92 Å². The highest BCUT2D eigenvalue weighted by Gasteiger charge is 2.17. The van der Waals surface area contributed by atoms with Gasteiger partial charge in [-0.05, 0) is 17.9 Å². The van der Waals surface area contributed by atoms with Crippen molar-refractivity contribution in [3.63, 3.8) is 0 Å². The van der Waals surface area contributed by atoms with Gasteiger partial charge in [-0.2, -0.15) is 16.9 Å². The first kappa shape index (κ1) is 17.0. The third-order valence-electron chi connectivity index (χ3n) is 2.55. The van der Waals surface area contributed by atoms with E-state index in [0.717, 1.165) is 5.75 Å². The van der Waals surface area contributed by atoms with Crippen LogP contribution in [-0.4, -0.2) is 47.8 Å². The number of aryl methyl sites for hydroxylation is 1. The van der Waals surface area contributed by atoms with Gasteiger partial charge in [-0.25, -0.2) is 13.1 Å². The van der Waals surface area contributed by atoms with Gasteiger partial charge in [-0.15, -0.1) is 0 Å². The number of hydrogen-bond acceptors (Lipinski definition) is 5. The van der Waals surface area contributed by atoms with E-state index in [2.05, 4.69) is 9.82 Å². The fraction of sp³-hybridized carbons (Fsp3) is 0.636. The second kappa shape index (κ2) is 7.65. The highest BCUT2D eigenvalue weighted by Crippen LogP contribution is 2.09. The second-order valence-electron chi connectivity index (χ2n) is 4.50. The highest BCUT2D eigenvalue weighted by molar-refractivity contribution is 7.98. The van der Waals surface area contributed by atoms with Crippen LogP contribution in [0.25, 0.3) is 0 Å². The molecule has 0 fully saturated rings. The van der Waals surface area contributed by atoms with E-state index in [1.165, 1.54) is 17.1 Å². The standard InChI is InChI=1S/C11H19N3O4S2/c1-9(8-19-2)5-13-20(17,18)10-6-12-14(7-10)4-3-11(15)16/h6-7,9,13H,3-5,8H2,1-2H3,(H,15,16). The Morgan fingerprint density at radius 1 is 1.60 bits per heavy atom. The summed E-state index contributed by atoms with van der Waals surface area (Å²) < 4.78 is 27.9. The Labute approximate surface area is 122 Å². The van der Waals surface area contributed by atoms with Gasteiger partial charge >= 0.3 is 5.97 Å². The Balaban J connectivity index is 2.61. The van der Waals surface area contributed by atoms with Crippen LogP contribution in [0.3, 0.4) is 0 Å². The fourth-order valence-electron chi connectivity index (χ4n) is 1.49. The zero-order chi connectivity index (χ0) is 15.2. The number of aromatic nitrogens is 2. The van der Waals surface area contributed by atoms with Crippen molar-refractivity contribution in [3.8, 4) is 0 Å². The molecule has 7 nitrogen and oxygen atoms in total. The SMILES string of the molecule is CSCC(C)CNS(=O)(=O)c1cnn(CCC(=O)O)c1. The van der Waals surface area contributed by atoms with Crippen LogP contribution in [0.2, 0.25) is 0 Å². The summed E-state index contributed by atoms with van der Waals surface area (Å²) in [5, 5.41) is 12.4. The van der Waals surface area contributed by atoms with Crippen LogP contribution < -0.4 is 4.72 Å². The summed E-state index contributed by atoms with van der Waals surface area (Å²) in [7, 11) is -3.58. The molecule has 0 aliphatic carbocycles. The van der Waals surface area contributed by atoms with Crippen molar-refractivity contribution in [2.75, 3.05) is 18.6 Å². The summed E-state index contributed by atoms with van der Waals surface area (Å²) >= 11 is 1.66.